The first-order valence-electron chi connectivity index (χ1n) is 4.58. The number of ether oxygens (including phenoxy) is 2. The van der Waals surface area contributed by atoms with E-state index in [0.29, 0.717) is 18.8 Å². The average molecular weight is 219 g/mol. The van der Waals surface area contributed by atoms with Crippen molar-refractivity contribution in [2.75, 3.05) is 13.2 Å². The van der Waals surface area contributed by atoms with Gasteiger partial charge >= 0.3 is 25.6 Å². The van der Waals surface area contributed by atoms with E-state index in [0.717, 1.165) is 0 Å². The summed E-state index contributed by atoms with van der Waals surface area (Å²) in [5.41, 5.74) is 0.396. The standard InChI is InChI=1S/C8H11BNO5.Li/c11-9(12,13)7-5-6(1-2-10-7)8-14-3-4-15-8;/h1-2,5,8,11-13H,3-4H2;/q-1;+1. The van der Waals surface area contributed by atoms with E-state index < -0.39 is 13.0 Å². The van der Waals surface area contributed by atoms with E-state index in [1.807, 2.05) is 0 Å². The van der Waals surface area contributed by atoms with Crippen LogP contribution in [0.3, 0.4) is 0 Å². The summed E-state index contributed by atoms with van der Waals surface area (Å²) in [7, 11) is 0. The van der Waals surface area contributed by atoms with Crippen LogP contribution in [0.5, 0.6) is 0 Å². The molecule has 6 nitrogen and oxygen atoms in total. The van der Waals surface area contributed by atoms with Crippen molar-refractivity contribution < 1.29 is 43.4 Å². The van der Waals surface area contributed by atoms with Crippen LogP contribution in [-0.2, 0) is 9.47 Å². The Morgan fingerprint density at radius 1 is 1.25 bits per heavy atom. The first-order chi connectivity index (χ1) is 7.07. The molecule has 0 saturated carbocycles. The molecule has 0 atom stereocenters. The molecule has 1 aromatic heterocycles. The van der Waals surface area contributed by atoms with Gasteiger partial charge in [0.15, 0.2) is 6.29 Å². The van der Waals surface area contributed by atoms with Crippen molar-refractivity contribution in [1.29, 1.82) is 0 Å². The Morgan fingerprint density at radius 2 is 1.88 bits per heavy atom. The number of aromatic nitrogens is 1. The molecule has 1 aromatic rings. The zero-order chi connectivity index (χ0) is 10.9. The third-order valence-corrected chi connectivity index (χ3v) is 2.10. The van der Waals surface area contributed by atoms with Gasteiger partial charge in [0.05, 0.1) is 13.2 Å². The third-order valence-electron chi connectivity index (χ3n) is 2.10. The zero-order valence-corrected chi connectivity index (χ0v) is 8.91. The van der Waals surface area contributed by atoms with Gasteiger partial charge in [0.25, 0.3) is 0 Å². The predicted octanol–water partition coefficient (Wildman–Crippen LogP) is -4.75. The maximum Gasteiger partial charge on any atom is 1.00 e. The SMILES string of the molecule is O[B-](O)(O)c1cc(C2OCCO2)ccn1.[Li+]. The summed E-state index contributed by atoms with van der Waals surface area (Å²) in [6.45, 7) is -2.57. The Hall–Kier alpha value is -0.388. The molecule has 0 aromatic carbocycles. The Morgan fingerprint density at radius 3 is 2.44 bits per heavy atom. The molecule has 3 N–H and O–H groups in total. The minimum atomic E-state index is -3.57. The molecule has 1 aliphatic rings. The quantitative estimate of drug-likeness (QED) is 0.432. The van der Waals surface area contributed by atoms with Gasteiger partial charge in [-0.05, 0) is 11.7 Å². The number of hydrogen-bond donors (Lipinski definition) is 3. The maximum atomic E-state index is 8.99. The second kappa shape index (κ2) is 5.30. The molecular formula is C8H11BLiNO5. The predicted molar refractivity (Wildman–Crippen MR) is 50.9 cm³/mol. The Bertz CT molecular complexity index is 353. The molecule has 0 unspecified atom stereocenters. The van der Waals surface area contributed by atoms with Crippen molar-refractivity contribution in [1.82, 2.24) is 4.98 Å². The minimum absolute atomic E-state index is 0. The van der Waals surface area contributed by atoms with Crippen molar-refractivity contribution in [3.63, 3.8) is 0 Å². The van der Waals surface area contributed by atoms with Crippen molar-refractivity contribution in [2.45, 2.75) is 6.29 Å². The Balaban J connectivity index is 0.00000128. The molecule has 0 bridgehead atoms. The van der Waals surface area contributed by atoms with Gasteiger partial charge < -0.3 is 24.5 Å². The summed E-state index contributed by atoms with van der Waals surface area (Å²) >= 11 is 0. The van der Waals surface area contributed by atoms with E-state index in [9.17, 15) is 0 Å². The molecule has 8 heteroatoms. The second-order valence-electron chi connectivity index (χ2n) is 3.32. The molecule has 0 spiro atoms. The second-order valence-corrected chi connectivity index (χ2v) is 3.32. The number of rotatable bonds is 2. The van der Waals surface area contributed by atoms with Crippen LogP contribution in [0, 0.1) is 0 Å². The molecule has 0 radical (unpaired) electrons. The summed E-state index contributed by atoms with van der Waals surface area (Å²) in [4.78, 5) is 3.65. The third kappa shape index (κ3) is 3.06. The molecule has 1 saturated heterocycles. The molecule has 82 valence electrons. The summed E-state index contributed by atoms with van der Waals surface area (Å²) in [5, 5.41) is 27.0. The van der Waals surface area contributed by atoms with E-state index >= 15 is 0 Å². The van der Waals surface area contributed by atoms with E-state index in [4.69, 9.17) is 24.5 Å². The molecule has 1 aliphatic heterocycles. The van der Waals surface area contributed by atoms with Gasteiger partial charge in [-0.1, -0.05) is 6.07 Å². The number of hydrogen-bond acceptors (Lipinski definition) is 6. The first kappa shape index (κ1) is 13.7. The average Bonchev–Trinajstić information content (AvgIpc) is 2.69. The van der Waals surface area contributed by atoms with Crippen LogP contribution < -0.4 is 24.5 Å². The Labute approximate surface area is 104 Å². The van der Waals surface area contributed by atoms with E-state index in [2.05, 4.69) is 4.98 Å². The van der Waals surface area contributed by atoms with E-state index in [1.54, 1.807) is 6.07 Å². The fraction of sp³-hybridized carbons (Fsp3) is 0.375. The number of nitrogens with zero attached hydrogens (tertiary/aromatic N) is 1. The number of pyridine rings is 1. The molecule has 0 aliphatic carbocycles. The van der Waals surface area contributed by atoms with Crippen molar-refractivity contribution in [2.24, 2.45) is 0 Å². The van der Waals surface area contributed by atoms with Crippen LogP contribution in [0.15, 0.2) is 18.3 Å². The zero-order valence-electron chi connectivity index (χ0n) is 8.91. The monoisotopic (exact) mass is 219 g/mol. The van der Waals surface area contributed by atoms with Gasteiger partial charge in [-0.2, -0.15) is 0 Å². The van der Waals surface area contributed by atoms with Gasteiger partial charge in [-0.3, -0.25) is 4.98 Å². The smallest absolute Gasteiger partial charge is 0.555 e. The summed E-state index contributed by atoms with van der Waals surface area (Å²) < 4.78 is 10.4. The van der Waals surface area contributed by atoms with Crippen LogP contribution in [-0.4, -0.2) is 40.0 Å². The van der Waals surface area contributed by atoms with Gasteiger partial charge in [0.2, 0.25) is 0 Å². The molecular weight excluding hydrogens is 208 g/mol. The van der Waals surface area contributed by atoms with Gasteiger partial charge in [0, 0.05) is 11.8 Å². The van der Waals surface area contributed by atoms with E-state index in [-0.39, 0.29) is 24.5 Å². The summed E-state index contributed by atoms with van der Waals surface area (Å²) in [6, 6.07) is 2.97. The summed E-state index contributed by atoms with van der Waals surface area (Å²) in [6.07, 6.45) is 0.833. The van der Waals surface area contributed by atoms with Crippen molar-refractivity contribution in [3.05, 3.63) is 23.9 Å². The fourth-order valence-electron chi connectivity index (χ4n) is 1.37. The largest absolute Gasteiger partial charge is 1.00 e. The van der Waals surface area contributed by atoms with Crippen LogP contribution in [0.4, 0.5) is 0 Å². The van der Waals surface area contributed by atoms with Crippen LogP contribution in [0.1, 0.15) is 11.9 Å². The molecule has 2 rings (SSSR count). The van der Waals surface area contributed by atoms with Crippen molar-refractivity contribution >= 4 is 12.3 Å². The normalized spacial score (nSPS) is 17.2. The molecule has 0 amide bonds. The van der Waals surface area contributed by atoms with Crippen LogP contribution in [0.2, 0.25) is 0 Å². The van der Waals surface area contributed by atoms with Crippen molar-refractivity contribution in [3.8, 4) is 0 Å². The van der Waals surface area contributed by atoms with Gasteiger partial charge in [-0.15, -0.1) is 0 Å². The van der Waals surface area contributed by atoms with E-state index in [1.165, 1.54) is 12.3 Å². The molecule has 2 heterocycles. The van der Waals surface area contributed by atoms with Crippen LogP contribution >= 0.6 is 0 Å². The molecule has 1 fully saturated rings. The maximum absolute atomic E-state index is 8.99. The fourth-order valence-corrected chi connectivity index (χ4v) is 1.37. The molecule has 16 heavy (non-hydrogen) atoms. The first-order valence-corrected chi connectivity index (χ1v) is 4.58. The minimum Gasteiger partial charge on any atom is -0.555 e. The summed E-state index contributed by atoms with van der Waals surface area (Å²) in [5.74, 6) is 0. The van der Waals surface area contributed by atoms with Gasteiger partial charge in [0.1, 0.15) is 0 Å². The topological polar surface area (TPSA) is 92.0 Å². The Kier molecular flexibility index (Phi) is 4.53. The van der Waals surface area contributed by atoms with Gasteiger partial charge in [-0.25, -0.2) is 0 Å². The van der Waals surface area contributed by atoms with Crippen LogP contribution in [0.25, 0.3) is 0 Å².